The van der Waals surface area contributed by atoms with Crippen molar-refractivity contribution in [2.45, 2.75) is 19.1 Å². The monoisotopic (exact) mass is 208 g/mol. The smallest absolute Gasteiger partial charge is 0.125 e. The Morgan fingerprint density at radius 1 is 1.27 bits per heavy atom. The first-order valence-corrected chi connectivity index (χ1v) is 5.43. The van der Waals surface area contributed by atoms with Crippen molar-refractivity contribution in [3.05, 3.63) is 35.4 Å². The van der Waals surface area contributed by atoms with Crippen LogP contribution in [0.15, 0.2) is 24.3 Å². The highest BCUT2D eigenvalue weighted by Gasteiger charge is 2.25. The molecule has 0 spiro atoms. The highest BCUT2D eigenvalue weighted by atomic mass is 19.1. The first-order valence-electron chi connectivity index (χ1n) is 5.43. The number of halogens is 1. The van der Waals surface area contributed by atoms with Crippen LogP contribution in [-0.2, 0) is 13.0 Å². The van der Waals surface area contributed by atoms with Crippen molar-refractivity contribution in [1.82, 2.24) is 4.90 Å². The lowest BCUT2D eigenvalue weighted by Crippen LogP contribution is -2.48. The molecule has 0 radical (unpaired) electrons. The minimum Gasteiger partial charge on any atom is -0.326 e. The van der Waals surface area contributed by atoms with E-state index in [0.29, 0.717) is 19.6 Å². The molecule has 0 amide bonds. The predicted octanol–water partition coefficient (Wildman–Crippen LogP) is 1.34. The molecule has 1 fully saturated rings. The van der Waals surface area contributed by atoms with Gasteiger partial charge in [-0.05, 0) is 17.5 Å². The molecule has 1 heterocycles. The first kappa shape index (κ1) is 10.6. The molecule has 1 aliphatic rings. The molecule has 0 unspecified atom stereocenters. The van der Waals surface area contributed by atoms with E-state index in [2.05, 4.69) is 17.0 Å². The van der Waals surface area contributed by atoms with Crippen LogP contribution in [0.3, 0.4) is 0 Å². The fraction of sp³-hybridized carbons (Fsp3) is 0.500. The number of hydrogen-bond donors (Lipinski definition) is 1. The van der Waals surface area contributed by atoms with Crippen LogP contribution in [0.1, 0.15) is 11.1 Å². The molecule has 15 heavy (non-hydrogen) atoms. The van der Waals surface area contributed by atoms with Gasteiger partial charge in [-0.1, -0.05) is 24.3 Å². The number of benzene rings is 1. The summed E-state index contributed by atoms with van der Waals surface area (Å²) in [6, 6.07) is 8.20. The molecule has 82 valence electrons. The highest BCUT2D eigenvalue weighted by Crippen LogP contribution is 2.14. The van der Waals surface area contributed by atoms with E-state index in [4.69, 9.17) is 5.73 Å². The zero-order valence-electron chi connectivity index (χ0n) is 8.82. The Balaban J connectivity index is 1.87. The number of likely N-dealkylation sites (tertiary alicyclic amines) is 1. The first-order chi connectivity index (χ1) is 7.29. The Hall–Kier alpha value is -0.930. The second kappa shape index (κ2) is 4.73. The zero-order valence-corrected chi connectivity index (χ0v) is 8.82. The molecular formula is C12H17FN2. The van der Waals surface area contributed by atoms with Gasteiger partial charge >= 0.3 is 0 Å². The molecule has 2 N–H and O–H groups in total. The maximum atomic E-state index is 12.6. The second-order valence-corrected chi connectivity index (χ2v) is 4.08. The summed E-state index contributed by atoms with van der Waals surface area (Å²) in [7, 11) is 0. The van der Waals surface area contributed by atoms with E-state index < -0.39 is 6.17 Å². The second-order valence-electron chi connectivity index (χ2n) is 4.08. The number of nitrogens with two attached hydrogens (primary N) is 1. The standard InChI is InChI=1S/C12H17FN2/c13-12-8-15(9-12)6-5-10-3-1-2-4-11(10)7-14/h1-4,12H,5-9,14H2. The van der Waals surface area contributed by atoms with Gasteiger partial charge in [0.25, 0.3) is 0 Å². The summed E-state index contributed by atoms with van der Waals surface area (Å²) >= 11 is 0. The van der Waals surface area contributed by atoms with Crippen molar-refractivity contribution >= 4 is 0 Å². The summed E-state index contributed by atoms with van der Waals surface area (Å²) in [5, 5.41) is 0. The molecule has 0 bridgehead atoms. The molecule has 0 aliphatic carbocycles. The van der Waals surface area contributed by atoms with Crippen LogP contribution in [-0.4, -0.2) is 30.7 Å². The van der Waals surface area contributed by atoms with Crippen LogP contribution in [0.4, 0.5) is 4.39 Å². The number of alkyl halides is 1. The molecule has 1 aliphatic heterocycles. The third-order valence-corrected chi connectivity index (χ3v) is 2.95. The maximum Gasteiger partial charge on any atom is 0.125 e. The lowest BCUT2D eigenvalue weighted by atomic mass is 10.0. The molecule has 2 rings (SSSR count). The Morgan fingerprint density at radius 3 is 2.53 bits per heavy atom. The van der Waals surface area contributed by atoms with Gasteiger partial charge in [0, 0.05) is 26.2 Å². The van der Waals surface area contributed by atoms with Gasteiger partial charge in [0.05, 0.1) is 0 Å². The molecule has 0 saturated carbocycles. The van der Waals surface area contributed by atoms with E-state index in [9.17, 15) is 4.39 Å². The van der Waals surface area contributed by atoms with Crippen LogP contribution >= 0.6 is 0 Å². The lowest BCUT2D eigenvalue weighted by molar-refractivity contribution is 0.0670. The van der Waals surface area contributed by atoms with Crippen molar-refractivity contribution in [3.63, 3.8) is 0 Å². The van der Waals surface area contributed by atoms with E-state index in [1.807, 2.05) is 12.1 Å². The Bertz CT molecular complexity index is 321. The summed E-state index contributed by atoms with van der Waals surface area (Å²) in [6.07, 6.45) is 0.370. The number of nitrogens with zero attached hydrogens (tertiary/aromatic N) is 1. The van der Waals surface area contributed by atoms with Crippen molar-refractivity contribution in [2.75, 3.05) is 19.6 Å². The number of rotatable bonds is 4. The zero-order chi connectivity index (χ0) is 10.7. The van der Waals surface area contributed by atoms with Gasteiger partial charge in [0.2, 0.25) is 0 Å². The summed E-state index contributed by atoms with van der Waals surface area (Å²) in [5.41, 5.74) is 8.15. The molecule has 0 aromatic heterocycles. The molecule has 0 atom stereocenters. The molecule has 1 aromatic carbocycles. The predicted molar refractivity (Wildman–Crippen MR) is 59.4 cm³/mol. The summed E-state index contributed by atoms with van der Waals surface area (Å²) < 4.78 is 12.6. The fourth-order valence-electron chi connectivity index (χ4n) is 1.97. The minimum absolute atomic E-state index is 0.585. The normalized spacial score (nSPS) is 17.7. The summed E-state index contributed by atoms with van der Waals surface area (Å²) in [4.78, 5) is 2.14. The summed E-state index contributed by atoms with van der Waals surface area (Å²) in [5.74, 6) is 0. The van der Waals surface area contributed by atoms with Crippen LogP contribution in [0.25, 0.3) is 0 Å². The maximum absolute atomic E-state index is 12.6. The van der Waals surface area contributed by atoms with E-state index in [1.54, 1.807) is 0 Å². The van der Waals surface area contributed by atoms with E-state index >= 15 is 0 Å². The van der Waals surface area contributed by atoms with Crippen LogP contribution in [0.2, 0.25) is 0 Å². The minimum atomic E-state index is -0.602. The largest absolute Gasteiger partial charge is 0.326 e. The van der Waals surface area contributed by atoms with Gasteiger partial charge in [0.15, 0.2) is 0 Å². The van der Waals surface area contributed by atoms with Crippen LogP contribution in [0.5, 0.6) is 0 Å². The Kier molecular flexibility index (Phi) is 3.34. The van der Waals surface area contributed by atoms with Gasteiger partial charge < -0.3 is 5.73 Å². The van der Waals surface area contributed by atoms with E-state index in [-0.39, 0.29) is 0 Å². The fourth-order valence-corrected chi connectivity index (χ4v) is 1.97. The average Bonchev–Trinajstić information content (AvgIpc) is 2.23. The van der Waals surface area contributed by atoms with E-state index in [1.165, 1.54) is 11.1 Å². The van der Waals surface area contributed by atoms with Crippen LogP contribution in [0, 0.1) is 0 Å². The van der Waals surface area contributed by atoms with E-state index in [0.717, 1.165) is 13.0 Å². The van der Waals surface area contributed by atoms with Gasteiger partial charge in [-0.3, -0.25) is 4.90 Å². The summed E-state index contributed by atoms with van der Waals surface area (Å²) in [6.45, 7) is 2.73. The van der Waals surface area contributed by atoms with Gasteiger partial charge in [-0.25, -0.2) is 4.39 Å². The van der Waals surface area contributed by atoms with Gasteiger partial charge in [-0.15, -0.1) is 0 Å². The van der Waals surface area contributed by atoms with Crippen molar-refractivity contribution in [1.29, 1.82) is 0 Å². The van der Waals surface area contributed by atoms with Crippen molar-refractivity contribution < 1.29 is 4.39 Å². The highest BCUT2D eigenvalue weighted by molar-refractivity contribution is 5.27. The number of hydrogen-bond acceptors (Lipinski definition) is 2. The van der Waals surface area contributed by atoms with Crippen LogP contribution < -0.4 is 5.73 Å². The molecule has 2 nitrogen and oxygen atoms in total. The molecule has 3 heteroatoms. The quantitative estimate of drug-likeness (QED) is 0.809. The third-order valence-electron chi connectivity index (χ3n) is 2.95. The van der Waals surface area contributed by atoms with Gasteiger partial charge in [-0.2, -0.15) is 0 Å². The third kappa shape index (κ3) is 2.55. The Labute approximate surface area is 89.9 Å². The molecule has 1 saturated heterocycles. The average molecular weight is 208 g/mol. The van der Waals surface area contributed by atoms with Gasteiger partial charge in [0.1, 0.15) is 6.17 Å². The topological polar surface area (TPSA) is 29.3 Å². The molecular weight excluding hydrogens is 191 g/mol. The SMILES string of the molecule is NCc1ccccc1CCN1CC(F)C1. The molecule has 1 aromatic rings. The lowest BCUT2D eigenvalue weighted by Gasteiger charge is -2.34. The van der Waals surface area contributed by atoms with Crippen molar-refractivity contribution in [2.24, 2.45) is 5.73 Å². The Morgan fingerprint density at radius 2 is 1.93 bits per heavy atom. The van der Waals surface area contributed by atoms with Crippen molar-refractivity contribution in [3.8, 4) is 0 Å².